The molecule has 0 aliphatic heterocycles. The van der Waals surface area contributed by atoms with Crippen molar-refractivity contribution < 1.29 is 4.79 Å². The molecule has 0 aromatic carbocycles. The molecule has 0 bridgehead atoms. The largest absolute Gasteiger partial charge is 0.320 e. The van der Waals surface area contributed by atoms with Crippen LogP contribution in [-0.2, 0) is 11.3 Å². The highest BCUT2D eigenvalue weighted by Gasteiger charge is 1.90. The molecule has 1 heterocycles. The Morgan fingerprint density at radius 2 is 2.50 bits per heavy atom. The van der Waals surface area contributed by atoms with Gasteiger partial charge < -0.3 is 4.57 Å². The first-order valence-electron chi connectivity index (χ1n) is 4.13. The van der Waals surface area contributed by atoms with Gasteiger partial charge in [0, 0.05) is 13.1 Å². The van der Waals surface area contributed by atoms with Gasteiger partial charge in [0.15, 0.2) is 5.49 Å². The van der Waals surface area contributed by atoms with Gasteiger partial charge in [-0.25, -0.2) is 5.43 Å². The maximum atomic E-state index is 10.6. The zero-order valence-corrected chi connectivity index (χ0v) is 7.90. The molecule has 0 aliphatic rings. The van der Waals surface area contributed by atoms with Crippen molar-refractivity contribution >= 4 is 5.91 Å². The molecule has 1 aromatic heterocycles. The first-order chi connectivity index (χ1) is 6.74. The molecule has 1 N–H and O–H groups in total. The molecule has 4 heteroatoms. The number of amides is 1. The number of nitrogens with zero attached hydrogens (tertiary/aromatic N) is 2. The summed E-state index contributed by atoms with van der Waals surface area (Å²) in [5.74, 6) is 2.29. The van der Waals surface area contributed by atoms with Crippen molar-refractivity contribution in [1.29, 1.82) is 0 Å². The molecule has 72 valence electrons. The predicted octanol–water partition coefficient (Wildman–Crippen LogP) is 0.0731. The van der Waals surface area contributed by atoms with Crippen LogP contribution in [0.15, 0.2) is 29.5 Å². The van der Waals surface area contributed by atoms with E-state index >= 15 is 0 Å². The minimum atomic E-state index is -0.207. The Morgan fingerprint density at radius 3 is 3.14 bits per heavy atom. The monoisotopic (exact) mass is 189 g/mol. The van der Waals surface area contributed by atoms with Gasteiger partial charge >= 0.3 is 0 Å². The topological polar surface area (TPSA) is 46.4 Å². The van der Waals surface area contributed by atoms with Crippen molar-refractivity contribution in [3.63, 3.8) is 0 Å². The fourth-order valence-electron chi connectivity index (χ4n) is 0.937. The Hall–Kier alpha value is -2.02. The molecule has 1 aromatic rings. The Balaban J connectivity index is 3.01. The third-order valence-electron chi connectivity index (χ3n) is 1.51. The summed E-state index contributed by atoms with van der Waals surface area (Å²) in [6, 6.07) is 5.45. The van der Waals surface area contributed by atoms with Crippen molar-refractivity contribution in [1.82, 2.24) is 9.99 Å². The van der Waals surface area contributed by atoms with Crippen LogP contribution in [0.5, 0.6) is 0 Å². The molecule has 0 spiro atoms. The molecule has 1 amide bonds. The van der Waals surface area contributed by atoms with E-state index in [1.807, 2.05) is 12.1 Å². The van der Waals surface area contributed by atoms with Crippen LogP contribution in [0.2, 0.25) is 0 Å². The molecular formula is C10H11N3O. The van der Waals surface area contributed by atoms with Crippen molar-refractivity contribution in [2.75, 3.05) is 0 Å². The number of nitrogens with one attached hydrogen (secondary N) is 1. The van der Waals surface area contributed by atoms with E-state index in [1.165, 1.54) is 6.92 Å². The summed E-state index contributed by atoms with van der Waals surface area (Å²) in [6.07, 6.45) is 6.99. The third-order valence-corrected chi connectivity index (χ3v) is 1.51. The van der Waals surface area contributed by atoms with Crippen LogP contribution in [0, 0.1) is 12.3 Å². The standard InChI is InChI=1S/C10H11N3O/c1-3-7-13-8-5-4-6-10(13)12-11-9(2)14/h1,4-6,8H,7H2,2H3,(H,11,14)/b12-10-. The van der Waals surface area contributed by atoms with Crippen LogP contribution in [0.4, 0.5) is 0 Å². The van der Waals surface area contributed by atoms with Crippen molar-refractivity contribution in [3.05, 3.63) is 29.9 Å². The lowest BCUT2D eigenvalue weighted by molar-refractivity contribution is -0.119. The maximum Gasteiger partial charge on any atom is 0.237 e. The molecular weight excluding hydrogens is 178 g/mol. The van der Waals surface area contributed by atoms with Crippen LogP contribution in [0.1, 0.15) is 6.92 Å². The fraction of sp³-hybridized carbons (Fsp3) is 0.200. The average Bonchev–Trinajstić information content (AvgIpc) is 2.17. The number of terminal acetylenes is 1. The minimum absolute atomic E-state index is 0.207. The normalized spacial score (nSPS) is 10.7. The summed E-state index contributed by atoms with van der Waals surface area (Å²) < 4.78 is 1.76. The lowest BCUT2D eigenvalue weighted by Crippen LogP contribution is -2.25. The van der Waals surface area contributed by atoms with E-state index < -0.39 is 0 Å². The van der Waals surface area contributed by atoms with Crippen LogP contribution in [0.25, 0.3) is 0 Å². The number of carbonyl (C=O) groups excluding carboxylic acids is 1. The number of rotatable bonds is 2. The van der Waals surface area contributed by atoms with E-state index in [1.54, 1.807) is 16.8 Å². The second-order valence-electron chi connectivity index (χ2n) is 2.67. The summed E-state index contributed by atoms with van der Waals surface area (Å²) in [5, 5.41) is 3.89. The van der Waals surface area contributed by atoms with E-state index in [2.05, 4.69) is 16.4 Å². The van der Waals surface area contributed by atoms with Gasteiger partial charge in [-0.2, -0.15) is 5.10 Å². The van der Waals surface area contributed by atoms with E-state index in [-0.39, 0.29) is 5.91 Å². The van der Waals surface area contributed by atoms with Gasteiger partial charge in [-0.15, -0.1) is 6.42 Å². The first kappa shape index (κ1) is 10.1. The Morgan fingerprint density at radius 1 is 1.71 bits per heavy atom. The summed E-state index contributed by atoms with van der Waals surface area (Å²) in [6.45, 7) is 1.83. The molecule has 0 aliphatic carbocycles. The van der Waals surface area contributed by atoms with Gasteiger partial charge in [0.1, 0.15) is 0 Å². The second-order valence-corrected chi connectivity index (χ2v) is 2.67. The third kappa shape index (κ3) is 2.79. The average molecular weight is 189 g/mol. The van der Waals surface area contributed by atoms with Crippen LogP contribution in [0.3, 0.4) is 0 Å². The van der Waals surface area contributed by atoms with Crippen molar-refractivity contribution in [3.8, 4) is 12.3 Å². The number of hydrogen-bond acceptors (Lipinski definition) is 2. The highest BCUT2D eigenvalue weighted by molar-refractivity contribution is 5.72. The lowest BCUT2D eigenvalue weighted by atomic mass is 10.4. The van der Waals surface area contributed by atoms with Gasteiger partial charge in [-0.3, -0.25) is 4.79 Å². The molecule has 0 fully saturated rings. The highest BCUT2D eigenvalue weighted by atomic mass is 16.2. The fourth-order valence-corrected chi connectivity index (χ4v) is 0.937. The molecule has 0 saturated heterocycles. The van der Waals surface area contributed by atoms with Gasteiger partial charge in [-0.05, 0) is 12.1 Å². The predicted molar refractivity (Wildman–Crippen MR) is 52.6 cm³/mol. The van der Waals surface area contributed by atoms with E-state index in [0.717, 1.165) is 0 Å². The van der Waals surface area contributed by atoms with Crippen LogP contribution >= 0.6 is 0 Å². The first-order valence-corrected chi connectivity index (χ1v) is 4.13. The van der Waals surface area contributed by atoms with Crippen molar-refractivity contribution in [2.24, 2.45) is 5.10 Å². The molecule has 0 unspecified atom stereocenters. The number of aromatic nitrogens is 1. The summed E-state index contributed by atoms with van der Waals surface area (Å²) >= 11 is 0. The van der Waals surface area contributed by atoms with E-state index in [4.69, 9.17) is 6.42 Å². The second kappa shape index (κ2) is 4.87. The SMILES string of the molecule is C#CCn1cccc/c1=N/NC(C)=O. The van der Waals surface area contributed by atoms with Gasteiger partial charge in [0.25, 0.3) is 0 Å². The molecule has 4 nitrogen and oxygen atoms in total. The Labute approximate surface area is 82.3 Å². The maximum absolute atomic E-state index is 10.6. The Kier molecular flexibility index (Phi) is 3.50. The minimum Gasteiger partial charge on any atom is -0.320 e. The van der Waals surface area contributed by atoms with Crippen LogP contribution < -0.4 is 10.9 Å². The lowest BCUT2D eigenvalue weighted by Gasteiger charge is -2.01. The number of carbonyl (C=O) groups is 1. The molecule has 0 saturated carbocycles. The quantitative estimate of drug-likeness (QED) is 0.519. The molecule has 14 heavy (non-hydrogen) atoms. The number of hydrogen-bond donors (Lipinski definition) is 1. The molecule has 0 atom stereocenters. The van der Waals surface area contributed by atoms with Gasteiger partial charge in [-0.1, -0.05) is 12.0 Å². The van der Waals surface area contributed by atoms with E-state index in [0.29, 0.717) is 12.0 Å². The zero-order chi connectivity index (χ0) is 10.4. The molecule has 1 rings (SSSR count). The van der Waals surface area contributed by atoms with E-state index in [9.17, 15) is 4.79 Å². The van der Waals surface area contributed by atoms with Gasteiger partial charge in [0.05, 0.1) is 6.54 Å². The summed E-state index contributed by atoms with van der Waals surface area (Å²) in [5.41, 5.74) is 2.98. The van der Waals surface area contributed by atoms with Gasteiger partial charge in [0.2, 0.25) is 5.91 Å². The smallest absolute Gasteiger partial charge is 0.237 e. The van der Waals surface area contributed by atoms with Crippen molar-refractivity contribution in [2.45, 2.75) is 13.5 Å². The summed E-state index contributed by atoms with van der Waals surface area (Å²) in [4.78, 5) is 10.6. The Bertz CT molecular complexity index is 425. The highest BCUT2D eigenvalue weighted by Crippen LogP contribution is 1.80. The molecule has 0 radical (unpaired) electrons. The van der Waals surface area contributed by atoms with Crippen LogP contribution in [-0.4, -0.2) is 10.5 Å². The zero-order valence-electron chi connectivity index (χ0n) is 7.90. The summed E-state index contributed by atoms with van der Waals surface area (Å²) in [7, 11) is 0. The number of pyridine rings is 1.